The molecule has 0 unspecified atom stereocenters. The highest BCUT2D eigenvalue weighted by Crippen LogP contribution is 2.36. The molecule has 0 atom stereocenters. The van der Waals surface area contributed by atoms with E-state index < -0.39 is 0 Å². The number of hydrogen-bond donors (Lipinski definition) is 0. The van der Waals surface area contributed by atoms with Crippen molar-refractivity contribution in [2.75, 3.05) is 0 Å². The molecule has 1 aromatic heterocycles. The van der Waals surface area contributed by atoms with Crippen molar-refractivity contribution in [3.63, 3.8) is 0 Å². The van der Waals surface area contributed by atoms with Crippen LogP contribution < -0.4 is 0 Å². The molecule has 0 N–H and O–H groups in total. The first-order chi connectivity index (χ1) is 9.70. The third-order valence-corrected chi connectivity index (χ3v) is 4.18. The first kappa shape index (κ1) is 13.3. The van der Waals surface area contributed by atoms with Crippen molar-refractivity contribution in [3.8, 4) is 0 Å². The molecule has 1 saturated carbocycles. The Labute approximate surface area is 118 Å². The molecule has 1 aromatic carbocycles. The summed E-state index contributed by atoms with van der Waals surface area (Å²) in [5.41, 5.74) is 1.23. The smallest absolute Gasteiger partial charge is 0.229 e. The Morgan fingerprint density at radius 1 is 1.15 bits per heavy atom. The van der Waals surface area contributed by atoms with Crippen LogP contribution in [0.4, 0.5) is 4.39 Å². The first-order valence-electron chi connectivity index (χ1n) is 7.25. The highest BCUT2D eigenvalue weighted by molar-refractivity contribution is 5.16. The molecule has 0 amide bonds. The highest BCUT2D eigenvalue weighted by Gasteiger charge is 2.26. The summed E-state index contributed by atoms with van der Waals surface area (Å²) in [5, 5.41) is 3.87. The lowest BCUT2D eigenvalue weighted by molar-refractivity contribution is 0.270. The molecule has 4 heteroatoms. The summed E-state index contributed by atoms with van der Waals surface area (Å²) in [6.45, 7) is 1.85. The number of aromatic nitrogens is 2. The third kappa shape index (κ3) is 3.06. The molecule has 2 aromatic rings. The summed E-state index contributed by atoms with van der Waals surface area (Å²) >= 11 is 0. The van der Waals surface area contributed by atoms with Crippen molar-refractivity contribution in [1.82, 2.24) is 10.1 Å². The van der Waals surface area contributed by atoms with E-state index in [1.165, 1.54) is 18.4 Å². The van der Waals surface area contributed by atoms with Gasteiger partial charge in [-0.3, -0.25) is 0 Å². The second-order valence-electron chi connectivity index (χ2n) is 5.73. The number of hydrogen-bond acceptors (Lipinski definition) is 3. The van der Waals surface area contributed by atoms with Gasteiger partial charge in [0.25, 0.3) is 0 Å². The van der Waals surface area contributed by atoms with Gasteiger partial charge in [-0.25, -0.2) is 4.39 Å². The van der Waals surface area contributed by atoms with E-state index in [-0.39, 0.29) is 5.82 Å². The van der Waals surface area contributed by atoms with Crippen LogP contribution in [0, 0.1) is 18.7 Å². The number of nitrogens with zero attached hydrogens (tertiary/aromatic N) is 2. The van der Waals surface area contributed by atoms with Crippen LogP contribution in [0.15, 0.2) is 28.8 Å². The third-order valence-electron chi connectivity index (χ3n) is 4.18. The van der Waals surface area contributed by atoms with Gasteiger partial charge in [0.15, 0.2) is 5.82 Å². The Kier molecular flexibility index (Phi) is 3.81. The fraction of sp³-hybridized carbons (Fsp3) is 0.500. The Bertz CT molecular complexity index is 556. The predicted molar refractivity (Wildman–Crippen MR) is 73.8 cm³/mol. The van der Waals surface area contributed by atoms with Gasteiger partial charge >= 0.3 is 0 Å². The first-order valence-corrected chi connectivity index (χ1v) is 7.25. The summed E-state index contributed by atoms with van der Waals surface area (Å²) in [6.07, 6.45) is 5.59. The molecular formula is C16H19FN2O. The largest absolute Gasteiger partial charge is 0.339 e. The average Bonchev–Trinajstić information content (AvgIpc) is 2.89. The molecule has 20 heavy (non-hydrogen) atoms. The molecule has 1 heterocycles. The van der Waals surface area contributed by atoms with Crippen LogP contribution in [0.5, 0.6) is 0 Å². The monoisotopic (exact) mass is 274 g/mol. The van der Waals surface area contributed by atoms with Crippen LogP contribution in [-0.4, -0.2) is 10.1 Å². The Balaban J connectivity index is 1.54. The van der Waals surface area contributed by atoms with E-state index in [0.29, 0.717) is 17.7 Å². The Hall–Kier alpha value is -1.71. The van der Waals surface area contributed by atoms with E-state index in [0.717, 1.165) is 25.2 Å². The predicted octanol–water partition coefficient (Wildman–Crippen LogP) is 4.03. The van der Waals surface area contributed by atoms with E-state index >= 15 is 0 Å². The van der Waals surface area contributed by atoms with E-state index in [4.69, 9.17) is 4.52 Å². The summed E-state index contributed by atoms with van der Waals surface area (Å²) in [7, 11) is 0. The molecule has 0 aliphatic heterocycles. The lowest BCUT2D eigenvalue weighted by atomic mass is 9.79. The van der Waals surface area contributed by atoms with Gasteiger partial charge in [0.05, 0.1) is 0 Å². The molecule has 3 nitrogen and oxygen atoms in total. The van der Waals surface area contributed by atoms with Crippen LogP contribution >= 0.6 is 0 Å². The van der Waals surface area contributed by atoms with Gasteiger partial charge in [-0.1, -0.05) is 17.3 Å². The maximum atomic E-state index is 12.9. The summed E-state index contributed by atoms with van der Waals surface area (Å²) in [4.78, 5) is 4.33. The van der Waals surface area contributed by atoms with E-state index in [2.05, 4.69) is 10.1 Å². The molecule has 1 aliphatic rings. The molecule has 1 aliphatic carbocycles. The average molecular weight is 274 g/mol. The minimum absolute atomic E-state index is 0.163. The number of rotatable bonds is 3. The van der Waals surface area contributed by atoms with Gasteiger partial charge in [0, 0.05) is 5.92 Å². The zero-order chi connectivity index (χ0) is 13.9. The topological polar surface area (TPSA) is 38.9 Å². The van der Waals surface area contributed by atoms with Crippen LogP contribution in [0.2, 0.25) is 0 Å². The van der Waals surface area contributed by atoms with Gasteiger partial charge in [0.1, 0.15) is 5.82 Å². The molecule has 0 radical (unpaired) electrons. The molecule has 106 valence electrons. The molecule has 0 bridgehead atoms. The van der Waals surface area contributed by atoms with E-state index in [9.17, 15) is 4.39 Å². The lowest BCUT2D eigenvalue weighted by Crippen LogP contribution is -2.15. The molecule has 0 saturated heterocycles. The van der Waals surface area contributed by atoms with Crippen LogP contribution in [0.1, 0.15) is 48.9 Å². The fourth-order valence-electron chi connectivity index (χ4n) is 3.05. The van der Waals surface area contributed by atoms with E-state index in [1.807, 2.05) is 19.1 Å². The fourth-order valence-corrected chi connectivity index (χ4v) is 3.05. The summed E-state index contributed by atoms with van der Waals surface area (Å²) in [6, 6.07) is 6.87. The van der Waals surface area contributed by atoms with Gasteiger partial charge in [0.2, 0.25) is 5.89 Å². The number of aryl methyl sites for hydroxylation is 1. The molecule has 0 spiro atoms. The van der Waals surface area contributed by atoms with Crippen molar-refractivity contribution in [2.24, 2.45) is 5.92 Å². The van der Waals surface area contributed by atoms with Crippen LogP contribution in [0.25, 0.3) is 0 Å². The maximum Gasteiger partial charge on any atom is 0.229 e. The second-order valence-corrected chi connectivity index (χ2v) is 5.73. The van der Waals surface area contributed by atoms with Gasteiger partial charge in [-0.15, -0.1) is 0 Å². The number of benzene rings is 1. The van der Waals surface area contributed by atoms with Crippen molar-refractivity contribution in [1.29, 1.82) is 0 Å². The maximum absolute atomic E-state index is 12.9. The highest BCUT2D eigenvalue weighted by atomic mass is 19.1. The van der Waals surface area contributed by atoms with Crippen LogP contribution in [0.3, 0.4) is 0 Å². The molecule has 1 fully saturated rings. The van der Waals surface area contributed by atoms with Crippen LogP contribution in [-0.2, 0) is 6.42 Å². The SMILES string of the molecule is Cc1noc(C2CCC(Cc3ccc(F)cc3)CC2)n1. The minimum Gasteiger partial charge on any atom is -0.339 e. The standard InChI is InChI=1S/C16H19FN2O/c1-11-18-16(20-19-11)14-6-2-12(3-7-14)10-13-4-8-15(17)9-5-13/h4-5,8-9,12,14H,2-3,6-7,10H2,1H3. The minimum atomic E-state index is -0.163. The van der Waals surface area contributed by atoms with Crippen molar-refractivity contribution in [2.45, 2.75) is 44.9 Å². The van der Waals surface area contributed by atoms with Crippen molar-refractivity contribution >= 4 is 0 Å². The second kappa shape index (κ2) is 5.73. The van der Waals surface area contributed by atoms with Crippen molar-refractivity contribution in [3.05, 3.63) is 47.4 Å². The Morgan fingerprint density at radius 3 is 2.45 bits per heavy atom. The normalized spacial score (nSPS) is 22.9. The van der Waals surface area contributed by atoms with Gasteiger partial charge in [-0.2, -0.15) is 4.98 Å². The zero-order valence-electron chi connectivity index (χ0n) is 11.7. The molecular weight excluding hydrogens is 255 g/mol. The summed E-state index contributed by atoms with van der Waals surface area (Å²) < 4.78 is 18.2. The summed E-state index contributed by atoms with van der Waals surface area (Å²) in [5.74, 6) is 2.45. The van der Waals surface area contributed by atoms with Crippen molar-refractivity contribution < 1.29 is 8.91 Å². The van der Waals surface area contributed by atoms with E-state index in [1.54, 1.807) is 12.1 Å². The van der Waals surface area contributed by atoms with Gasteiger partial charge in [-0.05, 0) is 62.6 Å². The molecule has 3 rings (SSSR count). The zero-order valence-corrected chi connectivity index (χ0v) is 11.7. The quantitative estimate of drug-likeness (QED) is 0.848. The number of halogens is 1. The van der Waals surface area contributed by atoms with Gasteiger partial charge < -0.3 is 4.52 Å². The Morgan fingerprint density at radius 2 is 1.85 bits per heavy atom. The lowest BCUT2D eigenvalue weighted by Gasteiger charge is -2.26.